The van der Waals surface area contributed by atoms with Gasteiger partial charge >= 0.3 is 0 Å². The summed E-state index contributed by atoms with van der Waals surface area (Å²) in [4.78, 5) is 25.1. The number of hydrogen-bond acceptors (Lipinski definition) is 5. The first-order valence-electron chi connectivity index (χ1n) is 7.88. The van der Waals surface area contributed by atoms with Crippen LogP contribution in [0.1, 0.15) is 16.1 Å². The lowest BCUT2D eigenvalue weighted by molar-refractivity contribution is -0.123. The van der Waals surface area contributed by atoms with Crippen LogP contribution in [-0.4, -0.2) is 33.4 Å². The number of aromatic nitrogens is 3. The van der Waals surface area contributed by atoms with Gasteiger partial charge in [-0.2, -0.15) is 9.90 Å². The fourth-order valence-corrected chi connectivity index (χ4v) is 2.13. The minimum Gasteiger partial charge on any atom is -0.484 e. The van der Waals surface area contributed by atoms with Crippen LogP contribution in [0.4, 0.5) is 0 Å². The minimum absolute atomic E-state index is 0.0776. The van der Waals surface area contributed by atoms with Gasteiger partial charge in [0, 0.05) is 0 Å². The second kappa shape index (κ2) is 7.93. The van der Waals surface area contributed by atoms with E-state index in [2.05, 4.69) is 21.0 Å². The predicted octanol–water partition coefficient (Wildman–Crippen LogP) is 1.42. The summed E-state index contributed by atoms with van der Waals surface area (Å²) >= 11 is 0. The zero-order valence-corrected chi connectivity index (χ0v) is 14.0. The second-order valence-corrected chi connectivity index (χ2v) is 5.46. The lowest BCUT2D eigenvalue weighted by Crippen LogP contribution is -2.44. The molecule has 0 bridgehead atoms. The van der Waals surface area contributed by atoms with E-state index in [0.29, 0.717) is 5.75 Å². The molecule has 132 valence electrons. The number of aryl methyl sites for hydroxylation is 1. The number of benzene rings is 2. The van der Waals surface area contributed by atoms with Crippen molar-refractivity contribution in [2.24, 2.45) is 0 Å². The Balaban J connectivity index is 1.49. The molecule has 2 aromatic carbocycles. The van der Waals surface area contributed by atoms with Crippen molar-refractivity contribution in [1.29, 1.82) is 0 Å². The number of ether oxygens (including phenoxy) is 1. The Morgan fingerprint density at radius 3 is 2.65 bits per heavy atom. The van der Waals surface area contributed by atoms with Crippen LogP contribution in [0, 0.1) is 6.92 Å². The van der Waals surface area contributed by atoms with Crippen LogP contribution in [0.15, 0.2) is 60.8 Å². The summed E-state index contributed by atoms with van der Waals surface area (Å²) < 4.78 is 5.35. The van der Waals surface area contributed by atoms with Gasteiger partial charge in [-0.1, -0.05) is 30.3 Å². The molecule has 2 N–H and O–H groups in total. The van der Waals surface area contributed by atoms with Gasteiger partial charge in [0.1, 0.15) is 5.75 Å². The van der Waals surface area contributed by atoms with Gasteiger partial charge in [0.15, 0.2) is 12.3 Å². The highest BCUT2D eigenvalue weighted by Gasteiger charge is 2.12. The molecule has 0 saturated carbocycles. The molecule has 0 atom stereocenters. The van der Waals surface area contributed by atoms with Crippen molar-refractivity contribution in [3.05, 3.63) is 72.1 Å². The number of nitrogens with one attached hydrogen (secondary N) is 2. The molecule has 1 heterocycles. The van der Waals surface area contributed by atoms with Crippen molar-refractivity contribution in [2.75, 3.05) is 6.61 Å². The van der Waals surface area contributed by atoms with Gasteiger partial charge in [-0.3, -0.25) is 20.4 Å². The van der Waals surface area contributed by atoms with Crippen LogP contribution in [0.5, 0.6) is 5.75 Å². The first-order chi connectivity index (χ1) is 12.6. The molecule has 8 heteroatoms. The lowest BCUT2D eigenvalue weighted by atomic mass is 10.2. The van der Waals surface area contributed by atoms with Crippen molar-refractivity contribution in [1.82, 2.24) is 25.8 Å². The first-order valence-corrected chi connectivity index (χ1v) is 7.88. The van der Waals surface area contributed by atoms with Crippen LogP contribution in [-0.2, 0) is 4.79 Å². The molecule has 0 radical (unpaired) electrons. The van der Waals surface area contributed by atoms with Crippen LogP contribution < -0.4 is 15.6 Å². The van der Waals surface area contributed by atoms with Gasteiger partial charge in [0.2, 0.25) is 0 Å². The monoisotopic (exact) mass is 351 g/mol. The van der Waals surface area contributed by atoms with Crippen LogP contribution in [0.3, 0.4) is 0 Å². The Morgan fingerprint density at radius 2 is 1.88 bits per heavy atom. The summed E-state index contributed by atoms with van der Waals surface area (Å²) in [5.74, 6) is -0.483. The normalized spacial score (nSPS) is 10.2. The zero-order valence-electron chi connectivity index (χ0n) is 14.0. The summed E-state index contributed by atoms with van der Waals surface area (Å²) in [6.45, 7) is 1.70. The maximum absolute atomic E-state index is 12.0. The van der Waals surface area contributed by atoms with Crippen molar-refractivity contribution < 1.29 is 14.3 Å². The van der Waals surface area contributed by atoms with Crippen LogP contribution >= 0.6 is 0 Å². The maximum atomic E-state index is 12.0. The standard InChI is InChI=1S/C18H17N5O3/c1-13-6-5-9-15(10-13)26-12-17(24)20-21-18(25)16-11-19-23(22-16)14-7-3-2-4-8-14/h2-11H,12H2,1H3,(H,20,24)(H,21,25). The molecule has 3 aromatic rings. The van der Waals surface area contributed by atoms with E-state index in [-0.39, 0.29) is 12.3 Å². The van der Waals surface area contributed by atoms with E-state index < -0.39 is 11.8 Å². The molecule has 0 aliphatic carbocycles. The van der Waals surface area contributed by atoms with Gasteiger partial charge in [-0.25, -0.2) is 0 Å². The SMILES string of the molecule is Cc1cccc(OCC(=O)NNC(=O)c2cnn(-c3ccccc3)n2)c1. The van der Waals surface area contributed by atoms with Gasteiger partial charge < -0.3 is 4.74 Å². The zero-order chi connectivity index (χ0) is 18.4. The highest BCUT2D eigenvalue weighted by atomic mass is 16.5. The van der Waals surface area contributed by atoms with Crippen molar-refractivity contribution in [3.8, 4) is 11.4 Å². The number of nitrogens with zero attached hydrogens (tertiary/aromatic N) is 3. The number of amides is 2. The average molecular weight is 351 g/mol. The van der Waals surface area contributed by atoms with E-state index in [1.807, 2.05) is 55.5 Å². The molecule has 0 spiro atoms. The number of para-hydroxylation sites is 1. The minimum atomic E-state index is -0.573. The molecule has 0 aliphatic heterocycles. The maximum Gasteiger partial charge on any atom is 0.291 e. The highest BCUT2D eigenvalue weighted by molar-refractivity contribution is 5.93. The van der Waals surface area contributed by atoms with E-state index >= 15 is 0 Å². The topological polar surface area (TPSA) is 98.1 Å². The molecule has 2 amide bonds. The number of hydrogen-bond donors (Lipinski definition) is 2. The number of carbonyl (C=O) groups excluding carboxylic acids is 2. The molecular weight excluding hydrogens is 334 g/mol. The Morgan fingerprint density at radius 1 is 1.08 bits per heavy atom. The predicted molar refractivity (Wildman–Crippen MR) is 93.6 cm³/mol. The summed E-state index contributed by atoms with van der Waals surface area (Å²) in [5, 5.41) is 8.10. The second-order valence-electron chi connectivity index (χ2n) is 5.46. The number of rotatable bonds is 5. The third kappa shape index (κ3) is 4.44. The molecule has 0 unspecified atom stereocenters. The molecule has 0 aliphatic rings. The molecule has 0 saturated heterocycles. The van der Waals surface area contributed by atoms with Crippen LogP contribution in [0.25, 0.3) is 5.69 Å². The Labute approximate surface area is 149 Å². The Bertz CT molecular complexity index is 908. The Hall–Kier alpha value is -3.68. The van der Waals surface area contributed by atoms with E-state index in [9.17, 15) is 9.59 Å². The largest absolute Gasteiger partial charge is 0.484 e. The quantitative estimate of drug-likeness (QED) is 0.678. The third-order valence-corrected chi connectivity index (χ3v) is 3.39. The molecule has 8 nitrogen and oxygen atoms in total. The van der Waals surface area contributed by atoms with Gasteiger partial charge in [-0.15, -0.1) is 5.10 Å². The molecule has 0 fully saturated rings. The first kappa shape index (κ1) is 17.2. The smallest absolute Gasteiger partial charge is 0.291 e. The summed E-state index contributed by atoms with van der Waals surface area (Å²) in [7, 11) is 0. The van der Waals surface area contributed by atoms with Gasteiger partial charge in [0.05, 0.1) is 11.9 Å². The molecule has 1 aromatic heterocycles. The van der Waals surface area contributed by atoms with Gasteiger partial charge in [-0.05, 0) is 36.8 Å². The van der Waals surface area contributed by atoms with E-state index in [4.69, 9.17) is 4.74 Å². The molecular formula is C18H17N5O3. The number of hydrazine groups is 1. The van der Waals surface area contributed by atoms with E-state index in [0.717, 1.165) is 11.3 Å². The van der Waals surface area contributed by atoms with Crippen LogP contribution in [0.2, 0.25) is 0 Å². The fraction of sp³-hybridized carbons (Fsp3) is 0.111. The van der Waals surface area contributed by atoms with E-state index in [1.165, 1.54) is 11.0 Å². The van der Waals surface area contributed by atoms with Crippen molar-refractivity contribution in [2.45, 2.75) is 6.92 Å². The molecule has 3 rings (SSSR count). The highest BCUT2D eigenvalue weighted by Crippen LogP contribution is 2.11. The van der Waals surface area contributed by atoms with Crippen molar-refractivity contribution in [3.63, 3.8) is 0 Å². The Kier molecular flexibility index (Phi) is 5.23. The summed E-state index contributed by atoms with van der Waals surface area (Å²) in [5.41, 5.74) is 6.38. The van der Waals surface area contributed by atoms with Gasteiger partial charge in [0.25, 0.3) is 11.8 Å². The van der Waals surface area contributed by atoms with E-state index in [1.54, 1.807) is 6.07 Å². The van der Waals surface area contributed by atoms with Crippen molar-refractivity contribution >= 4 is 11.8 Å². The summed E-state index contributed by atoms with van der Waals surface area (Å²) in [6.07, 6.45) is 1.32. The summed E-state index contributed by atoms with van der Waals surface area (Å²) in [6, 6.07) is 16.5. The number of carbonyl (C=O) groups is 2. The fourth-order valence-electron chi connectivity index (χ4n) is 2.13. The third-order valence-electron chi connectivity index (χ3n) is 3.39. The average Bonchev–Trinajstić information content (AvgIpc) is 3.15. The lowest BCUT2D eigenvalue weighted by Gasteiger charge is -2.08. The molecule has 26 heavy (non-hydrogen) atoms.